The van der Waals surface area contributed by atoms with E-state index in [2.05, 4.69) is 41.0 Å². The van der Waals surface area contributed by atoms with Crippen LogP contribution < -0.4 is 10.2 Å². The molecule has 2 heterocycles. The zero-order valence-corrected chi connectivity index (χ0v) is 12.3. The Bertz CT molecular complexity index is 394. The van der Waals surface area contributed by atoms with Gasteiger partial charge in [0.15, 0.2) is 0 Å². The second-order valence-electron chi connectivity index (χ2n) is 5.22. The van der Waals surface area contributed by atoms with E-state index < -0.39 is 0 Å². The first-order chi connectivity index (χ1) is 8.61. The average Bonchev–Trinajstić information content (AvgIpc) is 2.35. The molecule has 1 aromatic rings. The van der Waals surface area contributed by atoms with Gasteiger partial charge >= 0.3 is 0 Å². The largest absolute Gasteiger partial charge is 0.369 e. The van der Waals surface area contributed by atoms with Crippen molar-refractivity contribution in [2.75, 3.05) is 35.6 Å². The molecule has 1 saturated heterocycles. The van der Waals surface area contributed by atoms with Gasteiger partial charge < -0.3 is 10.2 Å². The summed E-state index contributed by atoms with van der Waals surface area (Å²) in [6.07, 6.45) is 4.76. The predicted octanol–water partition coefficient (Wildman–Crippen LogP) is 2.63. The molecule has 0 spiro atoms. The van der Waals surface area contributed by atoms with E-state index in [1.807, 2.05) is 18.0 Å². The maximum atomic E-state index is 4.64. The molecule has 0 amide bonds. The first-order valence-corrected chi connectivity index (χ1v) is 7.54. The number of nitrogens with zero attached hydrogens (tertiary/aromatic N) is 3. The summed E-state index contributed by atoms with van der Waals surface area (Å²) < 4.78 is 0.298. The molecule has 0 aliphatic carbocycles. The topological polar surface area (TPSA) is 41.1 Å². The maximum Gasteiger partial charge on any atom is 0.149 e. The maximum absolute atomic E-state index is 4.64. The van der Waals surface area contributed by atoms with E-state index in [1.54, 1.807) is 6.20 Å². The molecule has 4 nitrogen and oxygen atoms in total. The third-order valence-electron chi connectivity index (χ3n) is 2.93. The van der Waals surface area contributed by atoms with E-state index in [0.717, 1.165) is 43.4 Å². The number of anilines is 2. The van der Waals surface area contributed by atoms with Gasteiger partial charge in [-0.3, -0.25) is 4.98 Å². The Hall–Kier alpha value is -0.970. The number of aromatic nitrogens is 2. The Morgan fingerprint density at radius 1 is 1.44 bits per heavy atom. The van der Waals surface area contributed by atoms with Crippen molar-refractivity contribution in [3.05, 3.63) is 12.4 Å². The molecule has 18 heavy (non-hydrogen) atoms. The van der Waals surface area contributed by atoms with Crippen LogP contribution in [0, 0.1) is 0 Å². The molecule has 1 fully saturated rings. The van der Waals surface area contributed by atoms with E-state index in [9.17, 15) is 0 Å². The molecule has 1 aromatic heterocycles. The van der Waals surface area contributed by atoms with E-state index in [4.69, 9.17) is 0 Å². The van der Waals surface area contributed by atoms with Crippen LogP contribution in [-0.2, 0) is 0 Å². The third kappa shape index (κ3) is 3.51. The van der Waals surface area contributed by atoms with Crippen molar-refractivity contribution in [2.24, 2.45) is 0 Å². The average molecular weight is 266 g/mol. The predicted molar refractivity (Wildman–Crippen MR) is 79.6 cm³/mol. The SMILES string of the molecule is CCCNc1cncc(N2CCSC(C)(C)C2)n1. The summed E-state index contributed by atoms with van der Waals surface area (Å²) in [6, 6.07) is 0. The minimum absolute atomic E-state index is 0.298. The molecule has 100 valence electrons. The molecule has 0 saturated carbocycles. The second kappa shape index (κ2) is 5.78. The molecule has 1 aliphatic rings. The molecular formula is C13H22N4S. The van der Waals surface area contributed by atoms with Crippen LogP contribution in [0.3, 0.4) is 0 Å². The van der Waals surface area contributed by atoms with Gasteiger partial charge in [-0.2, -0.15) is 11.8 Å². The van der Waals surface area contributed by atoms with Crippen LogP contribution in [0.1, 0.15) is 27.2 Å². The fourth-order valence-corrected chi connectivity index (χ4v) is 3.17. The van der Waals surface area contributed by atoms with Gasteiger partial charge in [-0.25, -0.2) is 4.98 Å². The van der Waals surface area contributed by atoms with Crippen molar-refractivity contribution in [3.8, 4) is 0 Å². The summed E-state index contributed by atoms with van der Waals surface area (Å²) in [7, 11) is 0. The van der Waals surface area contributed by atoms with Gasteiger partial charge in [0.25, 0.3) is 0 Å². The zero-order chi connectivity index (χ0) is 13.0. The Kier molecular flexibility index (Phi) is 4.32. The molecule has 1 N–H and O–H groups in total. The highest BCUT2D eigenvalue weighted by Gasteiger charge is 2.27. The number of hydrogen-bond donors (Lipinski definition) is 1. The monoisotopic (exact) mass is 266 g/mol. The van der Waals surface area contributed by atoms with Gasteiger partial charge in [0, 0.05) is 30.1 Å². The van der Waals surface area contributed by atoms with E-state index >= 15 is 0 Å². The highest BCUT2D eigenvalue weighted by atomic mass is 32.2. The molecule has 0 radical (unpaired) electrons. The highest BCUT2D eigenvalue weighted by molar-refractivity contribution is 8.00. The molecule has 0 aromatic carbocycles. The molecule has 0 bridgehead atoms. The van der Waals surface area contributed by atoms with E-state index in [0.29, 0.717) is 4.75 Å². The number of nitrogens with one attached hydrogen (secondary N) is 1. The van der Waals surface area contributed by atoms with Gasteiger partial charge in [0.05, 0.1) is 12.4 Å². The van der Waals surface area contributed by atoms with Crippen LogP contribution in [0.2, 0.25) is 0 Å². The molecule has 5 heteroatoms. The summed E-state index contributed by atoms with van der Waals surface area (Å²) in [4.78, 5) is 11.3. The Morgan fingerprint density at radius 3 is 3.00 bits per heavy atom. The van der Waals surface area contributed by atoms with Gasteiger partial charge in [-0.05, 0) is 20.3 Å². The second-order valence-corrected chi connectivity index (χ2v) is 7.02. The minimum atomic E-state index is 0.298. The minimum Gasteiger partial charge on any atom is -0.369 e. The van der Waals surface area contributed by atoms with Crippen molar-refractivity contribution in [3.63, 3.8) is 0 Å². The zero-order valence-electron chi connectivity index (χ0n) is 11.4. The lowest BCUT2D eigenvalue weighted by atomic mass is 10.2. The van der Waals surface area contributed by atoms with Crippen LogP contribution in [0.25, 0.3) is 0 Å². The van der Waals surface area contributed by atoms with Crippen LogP contribution >= 0.6 is 11.8 Å². The quantitative estimate of drug-likeness (QED) is 0.907. The Labute approximate surface area is 114 Å². The van der Waals surface area contributed by atoms with Crippen LogP contribution in [0.5, 0.6) is 0 Å². The lowest BCUT2D eigenvalue weighted by Gasteiger charge is -2.38. The van der Waals surface area contributed by atoms with Gasteiger partial charge in [0.2, 0.25) is 0 Å². The van der Waals surface area contributed by atoms with Crippen molar-refractivity contribution in [1.82, 2.24) is 9.97 Å². The lowest BCUT2D eigenvalue weighted by Crippen LogP contribution is -2.43. The summed E-state index contributed by atoms with van der Waals surface area (Å²) in [5.74, 6) is 3.02. The number of thioether (sulfide) groups is 1. The summed E-state index contributed by atoms with van der Waals surface area (Å²) in [6.45, 7) is 9.75. The standard InChI is InChI=1S/C13H22N4S/c1-4-5-15-11-8-14-9-12(16-11)17-6-7-18-13(2,3)10-17/h8-9H,4-7,10H2,1-3H3,(H,15,16). The van der Waals surface area contributed by atoms with Gasteiger partial charge in [-0.1, -0.05) is 6.92 Å². The molecule has 1 aliphatic heterocycles. The van der Waals surface area contributed by atoms with Gasteiger partial charge in [0.1, 0.15) is 11.6 Å². The summed E-state index contributed by atoms with van der Waals surface area (Å²) in [5, 5.41) is 3.29. The van der Waals surface area contributed by atoms with Crippen LogP contribution in [-0.4, -0.2) is 40.1 Å². The van der Waals surface area contributed by atoms with Crippen molar-refractivity contribution >= 4 is 23.4 Å². The molecular weight excluding hydrogens is 244 g/mol. The van der Waals surface area contributed by atoms with Crippen molar-refractivity contribution in [1.29, 1.82) is 0 Å². The van der Waals surface area contributed by atoms with E-state index in [1.165, 1.54) is 0 Å². The summed E-state index contributed by atoms with van der Waals surface area (Å²) in [5.41, 5.74) is 0. The van der Waals surface area contributed by atoms with Crippen molar-refractivity contribution in [2.45, 2.75) is 31.9 Å². The highest BCUT2D eigenvalue weighted by Crippen LogP contribution is 2.31. The Morgan fingerprint density at radius 2 is 2.28 bits per heavy atom. The van der Waals surface area contributed by atoms with Gasteiger partial charge in [-0.15, -0.1) is 0 Å². The Balaban J connectivity index is 2.07. The van der Waals surface area contributed by atoms with Crippen LogP contribution in [0.4, 0.5) is 11.6 Å². The number of rotatable bonds is 4. The molecule has 0 unspecified atom stereocenters. The van der Waals surface area contributed by atoms with Crippen LogP contribution in [0.15, 0.2) is 12.4 Å². The van der Waals surface area contributed by atoms with Crippen molar-refractivity contribution < 1.29 is 0 Å². The molecule has 2 rings (SSSR count). The smallest absolute Gasteiger partial charge is 0.149 e. The fourth-order valence-electron chi connectivity index (χ4n) is 2.06. The first-order valence-electron chi connectivity index (χ1n) is 6.55. The van der Waals surface area contributed by atoms with E-state index in [-0.39, 0.29) is 0 Å². The first kappa shape index (κ1) is 13.5. The number of hydrogen-bond acceptors (Lipinski definition) is 5. The lowest BCUT2D eigenvalue weighted by molar-refractivity contribution is 0.641. The molecule has 0 atom stereocenters. The third-order valence-corrected chi connectivity index (χ3v) is 4.22. The fraction of sp³-hybridized carbons (Fsp3) is 0.692. The normalized spacial score (nSPS) is 18.7. The summed E-state index contributed by atoms with van der Waals surface area (Å²) >= 11 is 2.03.